The van der Waals surface area contributed by atoms with Crippen LogP contribution >= 0.6 is 0 Å². The van der Waals surface area contributed by atoms with Crippen LogP contribution in [0.15, 0.2) is 52.9 Å². The average molecular weight is 406 g/mol. The number of furan rings is 1. The van der Waals surface area contributed by atoms with Gasteiger partial charge in [0.2, 0.25) is 11.8 Å². The summed E-state index contributed by atoms with van der Waals surface area (Å²) in [5.74, 6) is -0.157. The lowest BCUT2D eigenvalue weighted by Crippen LogP contribution is -2.51. The number of fused-ring (bicyclic) bond motifs is 1. The van der Waals surface area contributed by atoms with Crippen LogP contribution in [-0.4, -0.2) is 24.8 Å². The molecule has 1 saturated heterocycles. The zero-order valence-electron chi connectivity index (χ0n) is 16.8. The highest BCUT2D eigenvalue weighted by atomic mass is 16.5. The van der Waals surface area contributed by atoms with Crippen molar-refractivity contribution in [3.8, 4) is 5.75 Å². The molecule has 1 aliphatic heterocycles. The van der Waals surface area contributed by atoms with Crippen molar-refractivity contribution < 1.29 is 23.5 Å². The van der Waals surface area contributed by atoms with Crippen LogP contribution in [0.25, 0.3) is 11.0 Å². The van der Waals surface area contributed by atoms with Gasteiger partial charge in [-0.1, -0.05) is 31.2 Å². The molecule has 7 heteroatoms. The molecule has 0 saturated carbocycles. The fourth-order valence-corrected chi connectivity index (χ4v) is 3.94. The van der Waals surface area contributed by atoms with Crippen molar-refractivity contribution in [2.75, 3.05) is 12.4 Å². The van der Waals surface area contributed by atoms with Gasteiger partial charge >= 0.3 is 0 Å². The van der Waals surface area contributed by atoms with Gasteiger partial charge in [-0.15, -0.1) is 0 Å². The molecule has 0 spiro atoms. The number of hydrogen-bond acceptors (Lipinski definition) is 5. The van der Waals surface area contributed by atoms with Crippen molar-refractivity contribution in [3.05, 3.63) is 59.9 Å². The first kappa shape index (κ1) is 19.7. The fraction of sp³-hybridized carbons (Fsp3) is 0.261. The van der Waals surface area contributed by atoms with Gasteiger partial charge in [-0.2, -0.15) is 0 Å². The smallest absolute Gasteiger partial charge is 0.291 e. The lowest BCUT2D eigenvalue weighted by Gasteiger charge is -2.35. The highest BCUT2D eigenvalue weighted by Gasteiger charge is 2.42. The molecule has 4 rings (SSSR count). The summed E-state index contributed by atoms with van der Waals surface area (Å²) in [5.41, 5.74) is 1.19. The standard InChI is InChI=1S/C23H22N2O5/c1-3-23(12-11-19(26)25-22(23)28)15-7-9-16(10-8-15)24-21(27)18-13-14-5-4-6-17(29-2)20(14)30-18/h4-10,13H,3,11-12H2,1-2H3,(H,24,27)(H,25,26,28)/t23-/m0/s1. The Morgan fingerprint density at radius 1 is 1.20 bits per heavy atom. The molecule has 2 aromatic carbocycles. The normalized spacial score (nSPS) is 18.9. The Balaban J connectivity index is 1.54. The van der Waals surface area contributed by atoms with Crippen LogP contribution in [0.5, 0.6) is 5.75 Å². The van der Waals surface area contributed by atoms with E-state index in [9.17, 15) is 14.4 Å². The van der Waals surface area contributed by atoms with E-state index in [1.54, 1.807) is 31.4 Å². The predicted molar refractivity (Wildman–Crippen MR) is 112 cm³/mol. The molecule has 1 aliphatic rings. The number of benzene rings is 2. The van der Waals surface area contributed by atoms with Crippen molar-refractivity contribution in [2.24, 2.45) is 0 Å². The number of ether oxygens (including phenoxy) is 1. The van der Waals surface area contributed by atoms with E-state index in [0.717, 1.165) is 10.9 Å². The Morgan fingerprint density at radius 3 is 2.63 bits per heavy atom. The van der Waals surface area contributed by atoms with Gasteiger partial charge in [0.1, 0.15) is 0 Å². The van der Waals surface area contributed by atoms with Gasteiger partial charge in [0.05, 0.1) is 12.5 Å². The van der Waals surface area contributed by atoms with Crippen LogP contribution in [0.2, 0.25) is 0 Å². The molecule has 1 atom stereocenters. The summed E-state index contributed by atoms with van der Waals surface area (Å²) < 4.78 is 10.9. The molecule has 2 N–H and O–H groups in total. The number of amides is 3. The second-order valence-electron chi connectivity index (χ2n) is 7.33. The molecule has 0 radical (unpaired) electrons. The topological polar surface area (TPSA) is 97.6 Å². The summed E-state index contributed by atoms with van der Waals surface area (Å²) in [6.07, 6.45) is 1.37. The molecule has 2 heterocycles. The number of nitrogens with one attached hydrogen (secondary N) is 2. The molecule has 0 bridgehead atoms. The van der Waals surface area contributed by atoms with Gasteiger partial charge < -0.3 is 14.5 Å². The molecular formula is C23H22N2O5. The van der Waals surface area contributed by atoms with E-state index >= 15 is 0 Å². The molecule has 1 aromatic heterocycles. The summed E-state index contributed by atoms with van der Waals surface area (Å²) in [6.45, 7) is 1.93. The fourth-order valence-electron chi connectivity index (χ4n) is 3.94. The van der Waals surface area contributed by atoms with Gasteiger partial charge in [0.25, 0.3) is 5.91 Å². The number of para-hydroxylation sites is 1. The largest absolute Gasteiger partial charge is 0.493 e. The average Bonchev–Trinajstić information content (AvgIpc) is 3.20. The van der Waals surface area contributed by atoms with E-state index in [4.69, 9.17) is 9.15 Å². The van der Waals surface area contributed by atoms with Crippen LogP contribution in [0.3, 0.4) is 0 Å². The van der Waals surface area contributed by atoms with Gasteiger partial charge in [0, 0.05) is 17.5 Å². The van der Waals surface area contributed by atoms with Crippen molar-refractivity contribution >= 4 is 34.4 Å². The minimum absolute atomic E-state index is 0.175. The van der Waals surface area contributed by atoms with E-state index in [1.807, 2.05) is 31.2 Å². The third-order valence-electron chi connectivity index (χ3n) is 5.72. The Morgan fingerprint density at radius 2 is 1.97 bits per heavy atom. The van der Waals surface area contributed by atoms with Crippen LogP contribution in [0.1, 0.15) is 42.3 Å². The first-order chi connectivity index (χ1) is 14.5. The van der Waals surface area contributed by atoms with Crippen LogP contribution in [0.4, 0.5) is 5.69 Å². The first-order valence-electron chi connectivity index (χ1n) is 9.79. The maximum atomic E-state index is 12.6. The Labute approximate surface area is 173 Å². The van der Waals surface area contributed by atoms with E-state index in [-0.39, 0.29) is 23.5 Å². The Hall–Kier alpha value is -3.61. The van der Waals surface area contributed by atoms with Crippen molar-refractivity contribution in [1.82, 2.24) is 5.32 Å². The third-order valence-corrected chi connectivity index (χ3v) is 5.72. The second kappa shape index (κ2) is 7.67. The highest BCUT2D eigenvalue weighted by Crippen LogP contribution is 2.36. The van der Waals surface area contributed by atoms with Gasteiger partial charge in [-0.25, -0.2) is 0 Å². The van der Waals surface area contributed by atoms with E-state index in [2.05, 4.69) is 10.6 Å². The van der Waals surface area contributed by atoms with E-state index in [1.165, 1.54) is 0 Å². The quantitative estimate of drug-likeness (QED) is 0.629. The van der Waals surface area contributed by atoms with Crippen molar-refractivity contribution in [2.45, 2.75) is 31.6 Å². The summed E-state index contributed by atoms with van der Waals surface area (Å²) in [7, 11) is 1.55. The molecule has 0 aliphatic carbocycles. The Kier molecular flexibility index (Phi) is 5.03. The van der Waals surface area contributed by atoms with Gasteiger partial charge in [-0.3, -0.25) is 19.7 Å². The molecule has 30 heavy (non-hydrogen) atoms. The minimum atomic E-state index is -0.730. The molecular weight excluding hydrogens is 384 g/mol. The molecule has 0 unspecified atom stereocenters. The number of imide groups is 1. The van der Waals surface area contributed by atoms with Gasteiger partial charge in [0.15, 0.2) is 17.1 Å². The monoisotopic (exact) mass is 406 g/mol. The van der Waals surface area contributed by atoms with Crippen LogP contribution in [0, 0.1) is 0 Å². The van der Waals surface area contributed by atoms with Crippen LogP contribution in [-0.2, 0) is 15.0 Å². The zero-order valence-corrected chi connectivity index (χ0v) is 16.8. The number of piperidine rings is 1. The lowest BCUT2D eigenvalue weighted by molar-refractivity contribution is -0.138. The highest BCUT2D eigenvalue weighted by molar-refractivity contribution is 6.05. The number of anilines is 1. The summed E-state index contributed by atoms with van der Waals surface area (Å²) in [4.78, 5) is 36.7. The second-order valence-corrected chi connectivity index (χ2v) is 7.33. The maximum absolute atomic E-state index is 12.6. The Bertz CT molecular complexity index is 1130. The molecule has 3 aromatic rings. The zero-order chi connectivity index (χ0) is 21.3. The van der Waals surface area contributed by atoms with Crippen molar-refractivity contribution in [3.63, 3.8) is 0 Å². The minimum Gasteiger partial charge on any atom is -0.493 e. The van der Waals surface area contributed by atoms with Gasteiger partial charge in [-0.05, 0) is 42.7 Å². The summed E-state index contributed by atoms with van der Waals surface area (Å²) in [6, 6.07) is 14.2. The lowest BCUT2D eigenvalue weighted by atomic mass is 9.72. The molecule has 7 nitrogen and oxygen atoms in total. The van der Waals surface area contributed by atoms with E-state index in [0.29, 0.717) is 36.3 Å². The third kappa shape index (κ3) is 3.32. The molecule has 3 amide bonds. The molecule has 1 fully saturated rings. The van der Waals surface area contributed by atoms with Crippen LogP contribution < -0.4 is 15.4 Å². The molecule has 154 valence electrons. The maximum Gasteiger partial charge on any atom is 0.291 e. The predicted octanol–water partition coefficient (Wildman–Crippen LogP) is 3.78. The summed E-state index contributed by atoms with van der Waals surface area (Å²) >= 11 is 0. The SMILES string of the molecule is CC[C@@]1(c2ccc(NC(=O)c3cc4cccc(OC)c4o3)cc2)CCC(=O)NC1=O. The number of carbonyl (C=O) groups excluding carboxylic acids is 3. The first-order valence-corrected chi connectivity index (χ1v) is 9.79. The van der Waals surface area contributed by atoms with E-state index < -0.39 is 5.41 Å². The summed E-state index contributed by atoms with van der Waals surface area (Å²) in [5, 5.41) is 6.02. The number of methoxy groups -OCH3 is 1. The number of rotatable bonds is 5. The number of carbonyl (C=O) groups is 3. The van der Waals surface area contributed by atoms with Crippen molar-refractivity contribution in [1.29, 1.82) is 0 Å². The number of hydrogen-bond donors (Lipinski definition) is 2.